The Balaban J connectivity index is 2.61. The van der Waals surface area contributed by atoms with Crippen LogP contribution in [0.15, 0.2) is 24.3 Å². The van der Waals surface area contributed by atoms with Crippen LogP contribution in [0, 0.1) is 0 Å². The molecule has 0 saturated heterocycles. The lowest BCUT2D eigenvalue weighted by Crippen LogP contribution is -2.38. The van der Waals surface area contributed by atoms with E-state index >= 15 is 0 Å². The number of aliphatic carboxylic acids is 1. The number of hydrogen-bond donors (Lipinski definition) is 1. The van der Waals surface area contributed by atoms with Crippen LogP contribution in [0.1, 0.15) is 45.6 Å². The molecule has 0 aliphatic heterocycles. The molecule has 12 heteroatoms. The predicted molar refractivity (Wildman–Crippen MR) is 117 cm³/mol. The van der Waals surface area contributed by atoms with Crippen molar-refractivity contribution in [3.8, 4) is 5.75 Å². The highest BCUT2D eigenvalue weighted by atomic mass is 19.4. The van der Waals surface area contributed by atoms with Gasteiger partial charge in [0.15, 0.2) is 6.10 Å². The lowest BCUT2D eigenvalue weighted by atomic mass is 10.1. The topological polar surface area (TPSA) is 85.3 Å². The molecule has 0 bridgehead atoms. The molecule has 1 aromatic rings. The number of rotatable bonds is 15. The van der Waals surface area contributed by atoms with Crippen LogP contribution in [0.3, 0.4) is 0 Å². The number of benzene rings is 1. The number of nitrogens with zero attached hydrogens (tertiary/aromatic N) is 1. The summed E-state index contributed by atoms with van der Waals surface area (Å²) < 4.78 is 78.9. The Bertz CT molecular complexity index is 786. The molecular formula is C23H32F5NO6. The van der Waals surface area contributed by atoms with Gasteiger partial charge in [-0.2, -0.15) is 22.0 Å². The molecule has 7 nitrogen and oxygen atoms in total. The van der Waals surface area contributed by atoms with E-state index in [1.54, 1.807) is 45.0 Å². The van der Waals surface area contributed by atoms with Crippen molar-refractivity contribution in [2.45, 2.75) is 70.8 Å². The van der Waals surface area contributed by atoms with Crippen molar-refractivity contribution in [3.63, 3.8) is 0 Å². The first-order valence-electron chi connectivity index (χ1n) is 11.2. The number of ether oxygens (including phenoxy) is 3. The Hall–Kier alpha value is -2.63. The van der Waals surface area contributed by atoms with Crippen molar-refractivity contribution in [3.05, 3.63) is 29.8 Å². The summed E-state index contributed by atoms with van der Waals surface area (Å²) >= 11 is 0. The Labute approximate surface area is 201 Å². The number of carboxylic acids is 1. The molecule has 1 atom stereocenters. The van der Waals surface area contributed by atoms with Gasteiger partial charge in [-0.05, 0) is 51.3 Å². The monoisotopic (exact) mass is 513 g/mol. The fourth-order valence-corrected chi connectivity index (χ4v) is 2.99. The van der Waals surface area contributed by atoms with Crippen LogP contribution >= 0.6 is 0 Å². The molecule has 200 valence electrons. The van der Waals surface area contributed by atoms with Crippen LogP contribution < -0.4 is 4.74 Å². The van der Waals surface area contributed by atoms with Gasteiger partial charge in [-0.3, -0.25) is 0 Å². The average Bonchev–Trinajstić information content (AvgIpc) is 2.74. The standard InChI is InChI=1S/C23H32F5NO6/c1-4-33-19(20(30)31)15-17-7-9-18(10-8-17)34-14-13-29(21(32)35-16(2)3)12-6-5-11-22(24,25)23(26,27)28/h7-10,16,19H,4-6,11-15H2,1-3H3,(H,30,31). The number of carbonyl (C=O) groups is 2. The molecule has 35 heavy (non-hydrogen) atoms. The van der Waals surface area contributed by atoms with Gasteiger partial charge in [0, 0.05) is 26.0 Å². The molecule has 0 aliphatic rings. The van der Waals surface area contributed by atoms with Crippen molar-refractivity contribution in [1.29, 1.82) is 0 Å². The maximum atomic E-state index is 13.1. The molecule has 1 N–H and O–H groups in total. The minimum atomic E-state index is -5.61. The summed E-state index contributed by atoms with van der Waals surface area (Å²) in [5.74, 6) is -5.40. The van der Waals surface area contributed by atoms with Gasteiger partial charge in [-0.1, -0.05) is 12.1 Å². The molecule has 0 heterocycles. The largest absolute Gasteiger partial charge is 0.492 e. The van der Waals surface area contributed by atoms with Gasteiger partial charge in [0.25, 0.3) is 0 Å². The van der Waals surface area contributed by atoms with Crippen LogP contribution in [0.5, 0.6) is 5.75 Å². The third kappa shape index (κ3) is 11.1. The van der Waals surface area contributed by atoms with Crippen LogP contribution in [0.2, 0.25) is 0 Å². The fraction of sp³-hybridized carbons (Fsp3) is 0.652. The van der Waals surface area contributed by atoms with Gasteiger partial charge < -0.3 is 24.2 Å². The van der Waals surface area contributed by atoms with Gasteiger partial charge in [0.2, 0.25) is 0 Å². The zero-order valence-corrected chi connectivity index (χ0v) is 19.9. The highest BCUT2D eigenvalue weighted by molar-refractivity contribution is 5.72. The van der Waals surface area contributed by atoms with Crippen LogP contribution in [0.25, 0.3) is 0 Å². The maximum Gasteiger partial charge on any atom is 0.453 e. The van der Waals surface area contributed by atoms with Crippen molar-refractivity contribution < 1.29 is 50.9 Å². The fourth-order valence-electron chi connectivity index (χ4n) is 2.99. The molecule has 0 saturated carbocycles. The predicted octanol–water partition coefficient (Wildman–Crippen LogP) is 5.31. The number of halogens is 5. The van der Waals surface area contributed by atoms with E-state index < -0.39 is 49.2 Å². The molecule has 0 radical (unpaired) electrons. The van der Waals surface area contributed by atoms with Crippen LogP contribution in [-0.4, -0.2) is 72.7 Å². The number of alkyl halides is 5. The highest BCUT2D eigenvalue weighted by Gasteiger charge is 2.56. The molecule has 1 unspecified atom stereocenters. The third-order valence-electron chi connectivity index (χ3n) is 4.80. The maximum absolute atomic E-state index is 13.1. The molecule has 0 aromatic heterocycles. The van der Waals surface area contributed by atoms with Crippen molar-refractivity contribution in [2.75, 3.05) is 26.3 Å². The van der Waals surface area contributed by atoms with Gasteiger partial charge >= 0.3 is 24.2 Å². The Kier molecular flexibility index (Phi) is 12.2. The minimum Gasteiger partial charge on any atom is -0.492 e. The van der Waals surface area contributed by atoms with Crippen molar-refractivity contribution in [1.82, 2.24) is 4.90 Å². The quantitative estimate of drug-likeness (QED) is 0.253. The van der Waals surface area contributed by atoms with Gasteiger partial charge in [0.05, 0.1) is 12.6 Å². The third-order valence-corrected chi connectivity index (χ3v) is 4.80. The average molecular weight is 514 g/mol. The van der Waals surface area contributed by atoms with E-state index in [0.717, 1.165) is 5.56 Å². The van der Waals surface area contributed by atoms with E-state index in [4.69, 9.17) is 19.3 Å². The normalized spacial score (nSPS) is 12.9. The summed E-state index contributed by atoms with van der Waals surface area (Å²) in [5, 5.41) is 9.16. The lowest BCUT2D eigenvalue weighted by molar-refractivity contribution is -0.284. The Morgan fingerprint density at radius 3 is 2.17 bits per heavy atom. The number of amides is 1. The molecular weight excluding hydrogens is 481 g/mol. The first-order chi connectivity index (χ1) is 16.3. The van der Waals surface area contributed by atoms with Crippen LogP contribution in [0.4, 0.5) is 26.7 Å². The zero-order chi connectivity index (χ0) is 26.6. The summed E-state index contributed by atoms with van der Waals surface area (Å²) in [6, 6.07) is 6.60. The summed E-state index contributed by atoms with van der Waals surface area (Å²) in [4.78, 5) is 24.7. The molecule has 1 rings (SSSR count). The summed E-state index contributed by atoms with van der Waals surface area (Å²) in [6.07, 6.45) is -9.44. The number of carbonyl (C=O) groups excluding carboxylic acids is 1. The molecule has 0 aliphatic carbocycles. The second-order valence-corrected chi connectivity index (χ2v) is 8.06. The number of unbranched alkanes of at least 4 members (excludes halogenated alkanes) is 1. The van der Waals surface area contributed by atoms with E-state index in [1.807, 2.05) is 0 Å². The Morgan fingerprint density at radius 2 is 1.66 bits per heavy atom. The summed E-state index contributed by atoms with van der Waals surface area (Å²) in [5.41, 5.74) is 0.719. The first-order valence-corrected chi connectivity index (χ1v) is 11.2. The van der Waals surface area contributed by atoms with Crippen LogP contribution in [-0.2, 0) is 20.7 Å². The second-order valence-electron chi connectivity index (χ2n) is 8.06. The van der Waals surface area contributed by atoms with Gasteiger partial charge in [-0.15, -0.1) is 0 Å². The van der Waals surface area contributed by atoms with E-state index in [0.29, 0.717) is 5.75 Å². The number of carboxylic acid groups (broad SMARTS) is 1. The summed E-state index contributed by atoms with van der Waals surface area (Å²) in [6.45, 7) is 5.17. The van der Waals surface area contributed by atoms with Gasteiger partial charge in [-0.25, -0.2) is 9.59 Å². The molecule has 0 spiro atoms. The number of hydrogen-bond acceptors (Lipinski definition) is 5. The Morgan fingerprint density at radius 1 is 1.03 bits per heavy atom. The minimum absolute atomic E-state index is 0.0158. The smallest absolute Gasteiger partial charge is 0.453 e. The van der Waals surface area contributed by atoms with E-state index in [-0.39, 0.29) is 39.1 Å². The van der Waals surface area contributed by atoms with Crippen molar-refractivity contribution >= 4 is 12.1 Å². The second kappa shape index (κ2) is 14.1. The zero-order valence-electron chi connectivity index (χ0n) is 19.9. The highest BCUT2D eigenvalue weighted by Crippen LogP contribution is 2.39. The lowest BCUT2D eigenvalue weighted by Gasteiger charge is -2.24. The van der Waals surface area contributed by atoms with E-state index in [9.17, 15) is 31.5 Å². The van der Waals surface area contributed by atoms with E-state index in [2.05, 4.69) is 0 Å². The summed E-state index contributed by atoms with van der Waals surface area (Å²) in [7, 11) is 0. The molecule has 0 fully saturated rings. The SMILES string of the molecule is CCOC(Cc1ccc(OCCN(CCCCC(F)(F)C(F)(F)F)C(=O)OC(C)C)cc1)C(=O)O. The van der Waals surface area contributed by atoms with E-state index in [1.165, 1.54) is 4.90 Å². The molecule has 1 amide bonds. The van der Waals surface area contributed by atoms with Crippen molar-refractivity contribution in [2.24, 2.45) is 0 Å². The van der Waals surface area contributed by atoms with Gasteiger partial charge in [0.1, 0.15) is 12.4 Å². The molecule has 1 aromatic carbocycles. The first kappa shape index (κ1) is 30.4.